The van der Waals surface area contributed by atoms with Gasteiger partial charge in [-0.1, -0.05) is 54.6 Å². The third kappa shape index (κ3) is 3.22. The summed E-state index contributed by atoms with van der Waals surface area (Å²) in [4.78, 5) is 0. The van der Waals surface area contributed by atoms with Gasteiger partial charge in [-0.2, -0.15) is 0 Å². The van der Waals surface area contributed by atoms with Gasteiger partial charge in [-0.15, -0.1) is 0 Å². The van der Waals surface area contributed by atoms with E-state index in [2.05, 4.69) is 65.2 Å². The second-order valence-electron chi connectivity index (χ2n) is 5.12. The number of rotatable bonds is 3. The van der Waals surface area contributed by atoms with Gasteiger partial charge in [-0.3, -0.25) is 0 Å². The van der Waals surface area contributed by atoms with Crippen molar-refractivity contribution in [2.24, 2.45) is 0 Å². The lowest BCUT2D eigenvalue weighted by atomic mass is 10.00. The molecule has 2 aromatic carbocycles. The summed E-state index contributed by atoms with van der Waals surface area (Å²) >= 11 is 0. The molecule has 2 aromatic rings. The zero-order valence-electron chi connectivity index (χ0n) is 11.1. The molecule has 3 rings (SSSR count). The Labute approximate surface area is 114 Å². The lowest BCUT2D eigenvalue weighted by Gasteiger charge is -2.24. The molecule has 0 spiro atoms. The number of nitrogens with one attached hydrogen (secondary N) is 2. The Bertz CT molecular complexity index is 499. The highest BCUT2D eigenvalue weighted by Crippen LogP contribution is 2.19. The van der Waals surface area contributed by atoms with Gasteiger partial charge in [0.05, 0.1) is 0 Å². The molecule has 1 atom stereocenters. The molecule has 0 bridgehead atoms. The first-order valence-electron chi connectivity index (χ1n) is 7.00. The highest BCUT2D eigenvalue weighted by atomic mass is 15.0. The Balaban J connectivity index is 1.68. The van der Waals surface area contributed by atoms with E-state index in [0.717, 1.165) is 26.1 Å². The van der Waals surface area contributed by atoms with Gasteiger partial charge in [0.15, 0.2) is 0 Å². The minimum Gasteiger partial charge on any atom is -0.314 e. The van der Waals surface area contributed by atoms with Crippen LogP contribution in [0, 0.1) is 0 Å². The number of hydrogen-bond acceptors (Lipinski definition) is 2. The van der Waals surface area contributed by atoms with E-state index in [-0.39, 0.29) is 0 Å². The maximum absolute atomic E-state index is 3.55. The molecule has 1 saturated heterocycles. The van der Waals surface area contributed by atoms with E-state index in [1.807, 2.05) is 0 Å². The minimum absolute atomic E-state index is 0.566. The van der Waals surface area contributed by atoms with Crippen LogP contribution in [0.5, 0.6) is 0 Å². The topological polar surface area (TPSA) is 24.1 Å². The van der Waals surface area contributed by atoms with Gasteiger partial charge in [-0.05, 0) is 23.1 Å². The molecule has 98 valence electrons. The first-order valence-corrected chi connectivity index (χ1v) is 7.00. The average molecular weight is 252 g/mol. The zero-order valence-corrected chi connectivity index (χ0v) is 11.1. The first-order chi connectivity index (χ1) is 9.42. The van der Waals surface area contributed by atoms with Crippen LogP contribution in [0.25, 0.3) is 11.1 Å². The van der Waals surface area contributed by atoms with Gasteiger partial charge in [0, 0.05) is 25.7 Å². The SMILES string of the molecule is c1ccc(-c2ccc(CC3CNCCN3)cc2)cc1. The first kappa shape index (κ1) is 12.4. The van der Waals surface area contributed by atoms with Gasteiger partial charge in [-0.25, -0.2) is 0 Å². The third-order valence-corrected chi connectivity index (χ3v) is 3.67. The third-order valence-electron chi connectivity index (χ3n) is 3.67. The molecule has 1 heterocycles. The van der Waals surface area contributed by atoms with Crippen molar-refractivity contribution in [1.29, 1.82) is 0 Å². The summed E-state index contributed by atoms with van der Waals surface area (Å²) in [5.41, 5.74) is 3.98. The van der Waals surface area contributed by atoms with Crippen molar-refractivity contribution in [2.45, 2.75) is 12.5 Å². The summed E-state index contributed by atoms with van der Waals surface area (Å²) in [7, 11) is 0. The molecule has 0 aromatic heterocycles. The monoisotopic (exact) mass is 252 g/mol. The quantitative estimate of drug-likeness (QED) is 0.877. The van der Waals surface area contributed by atoms with Crippen molar-refractivity contribution in [3.63, 3.8) is 0 Å². The van der Waals surface area contributed by atoms with E-state index in [9.17, 15) is 0 Å². The second kappa shape index (κ2) is 6.00. The summed E-state index contributed by atoms with van der Waals surface area (Å²) in [6.07, 6.45) is 1.10. The van der Waals surface area contributed by atoms with Crippen LogP contribution in [0.3, 0.4) is 0 Å². The van der Waals surface area contributed by atoms with E-state index in [4.69, 9.17) is 0 Å². The van der Waals surface area contributed by atoms with Crippen LogP contribution in [-0.2, 0) is 6.42 Å². The normalized spacial score (nSPS) is 19.3. The molecular weight excluding hydrogens is 232 g/mol. The lowest BCUT2D eigenvalue weighted by molar-refractivity contribution is 0.416. The summed E-state index contributed by atoms with van der Waals surface area (Å²) in [6.45, 7) is 3.23. The fourth-order valence-corrected chi connectivity index (χ4v) is 2.61. The molecule has 1 fully saturated rings. The maximum atomic E-state index is 3.55. The van der Waals surface area contributed by atoms with Crippen molar-refractivity contribution in [3.05, 3.63) is 60.2 Å². The molecule has 2 nitrogen and oxygen atoms in total. The van der Waals surface area contributed by atoms with Crippen molar-refractivity contribution in [3.8, 4) is 11.1 Å². The average Bonchev–Trinajstić information content (AvgIpc) is 2.50. The molecule has 2 heteroatoms. The number of hydrogen-bond donors (Lipinski definition) is 2. The van der Waals surface area contributed by atoms with Crippen LogP contribution in [0.4, 0.5) is 0 Å². The molecule has 19 heavy (non-hydrogen) atoms. The highest BCUT2D eigenvalue weighted by Gasteiger charge is 2.12. The molecule has 1 aliphatic rings. The van der Waals surface area contributed by atoms with Crippen molar-refractivity contribution in [1.82, 2.24) is 10.6 Å². The van der Waals surface area contributed by atoms with E-state index in [0.29, 0.717) is 6.04 Å². The Morgan fingerprint density at radius 3 is 2.26 bits per heavy atom. The Morgan fingerprint density at radius 1 is 0.842 bits per heavy atom. The van der Waals surface area contributed by atoms with Crippen LogP contribution in [0.1, 0.15) is 5.56 Å². The minimum atomic E-state index is 0.566. The predicted molar refractivity (Wildman–Crippen MR) is 80.2 cm³/mol. The van der Waals surface area contributed by atoms with Crippen LogP contribution in [0.2, 0.25) is 0 Å². The van der Waals surface area contributed by atoms with Gasteiger partial charge < -0.3 is 10.6 Å². The fraction of sp³-hybridized carbons (Fsp3) is 0.294. The van der Waals surface area contributed by atoms with Crippen LogP contribution in [-0.4, -0.2) is 25.7 Å². The van der Waals surface area contributed by atoms with Gasteiger partial charge >= 0.3 is 0 Å². The van der Waals surface area contributed by atoms with E-state index >= 15 is 0 Å². The fourth-order valence-electron chi connectivity index (χ4n) is 2.61. The van der Waals surface area contributed by atoms with Gasteiger partial charge in [0.1, 0.15) is 0 Å². The molecular formula is C17H20N2. The second-order valence-corrected chi connectivity index (χ2v) is 5.12. The molecule has 0 aliphatic carbocycles. The van der Waals surface area contributed by atoms with E-state index in [1.54, 1.807) is 0 Å². The largest absolute Gasteiger partial charge is 0.314 e. The molecule has 0 saturated carbocycles. The van der Waals surface area contributed by atoms with E-state index < -0.39 is 0 Å². The zero-order chi connectivity index (χ0) is 12.9. The molecule has 2 N–H and O–H groups in total. The number of piperazine rings is 1. The van der Waals surface area contributed by atoms with Crippen molar-refractivity contribution >= 4 is 0 Å². The van der Waals surface area contributed by atoms with Crippen LogP contribution >= 0.6 is 0 Å². The standard InChI is InChI=1S/C17H20N2/c1-2-4-15(5-3-1)16-8-6-14(7-9-16)12-17-13-18-10-11-19-17/h1-9,17-19H,10-13H2. The lowest BCUT2D eigenvalue weighted by Crippen LogP contribution is -2.49. The molecule has 0 amide bonds. The Hall–Kier alpha value is -1.64. The predicted octanol–water partition coefficient (Wildman–Crippen LogP) is 2.46. The molecule has 1 unspecified atom stereocenters. The molecule has 0 radical (unpaired) electrons. The smallest absolute Gasteiger partial charge is 0.0233 e. The van der Waals surface area contributed by atoms with Crippen LogP contribution < -0.4 is 10.6 Å². The maximum Gasteiger partial charge on any atom is 0.0233 e. The number of benzene rings is 2. The van der Waals surface area contributed by atoms with Crippen molar-refractivity contribution in [2.75, 3.05) is 19.6 Å². The molecule has 1 aliphatic heterocycles. The summed E-state index contributed by atoms with van der Waals surface area (Å²) in [6, 6.07) is 20.0. The van der Waals surface area contributed by atoms with Gasteiger partial charge in [0.2, 0.25) is 0 Å². The van der Waals surface area contributed by atoms with Gasteiger partial charge in [0.25, 0.3) is 0 Å². The Kier molecular flexibility index (Phi) is 3.92. The Morgan fingerprint density at radius 2 is 1.58 bits per heavy atom. The van der Waals surface area contributed by atoms with Crippen LogP contribution in [0.15, 0.2) is 54.6 Å². The summed E-state index contributed by atoms with van der Waals surface area (Å²) in [5.74, 6) is 0. The summed E-state index contributed by atoms with van der Waals surface area (Å²) in [5, 5.41) is 6.98. The van der Waals surface area contributed by atoms with Crippen molar-refractivity contribution < 1.29 is 0 Å². The van der Waals surface area contributed by atoms with E-state index in [1.165, 1.54) is 16.7 Å². The highest BCUT2D eigenvalue weighted by molar-refractivity contribution is 5.63. The summed E-state index contributed by atoms with van der Waals surface area (Å²) < 4.78 is 0.